The molecule has 118 valence electrons. The highest BCUT2D eigenvalue weighted by Gasteiger charge is 2.33. The summed E-state index contributed by atoms with van der Waals surface area (Å²) in [5.74, 6) is -0.856. The Hall–Kier alpha value is -1.36. The van der Waals surface area contributed by atoms with E-state index < -0.39 is 19.5 Å². The Morgan fingerprint density at radius 1 is 1.33 bits per heavy atom. The molecule has 7 heteroatoms. The highest BCUT2D eigenvalue weighted by Crippen LogP contribution is 2.47. The second-order valence-electron chi connectivity index (χ2n) is 5.10. The summed E-state index contributed by atoms with van der Waals surface area (Å²) in [4.78, 5) is 21.5. The van der Waals surface area contributed by atoms with E-state index in [4.69, 9.17) is 4.74 Å². The Kier molecular flexibility index (Phi) is 6.89. The van der Waals surface area contributed by atoms with E-state index in [9.17, 15) is 14.3 Å². The number of hydrogen-bond acceptors (Lipinski definition) is 4. The smallest absolute Gasteiger partial charge is 0.408 e. The van der Waals surface area contributed by atoms with E-state index in [1.54, 1.807) is 0 Å². The van der Waals surface area contributed by atoms with E-state index in [0.717, 1.165) is 12.7 Å². The van der Waals surface area contributed by atoms with E-state index in [0.29, 0.717) is 6.42 Å². The lowest BCUT2D eigenvalue weighted by atomic mass is 10.1. The van der Waals surface area contributed by atoms with Gasteiger partial charge in [-0.2, -0.15) is 0 Å². The lowest BCUT2D eigenvalue weighted by Gasteiger charge is -2.23. The van der Waals surface area contributed by atoms with Crippen molar-refractivity contribution in [2.45, 2.75) is 32.7 Å². The number of amides is 1. The minimum absolute atomic E-state index is 0.101. The average Bonchev–Trinajstić information content (AvgIpc) is 2.45. The molecule has 0 aliphatic rings. The van der Waals surface area contributed by atoms with Crippen molar-refractivity contribution >= 4 is 13.7 Å². The van der Waals surface area contributed by atoms with E-state index in [1.165, 1.54) is 0 Å². The lowest BCUT2D eigenvalue weighted by molar-refractivity contribution is 0.135. The topological polar surface area (TPSA) is 84.9 Å². The van der Waals surface area contributed by atoms with Gasteiger partial charge in [-0.05, 0) is 17.9 Å². The van der Waals surface area contributed by atoms with Gasteiger partial charge in [-0.25, -0.2) is 4.79 Å². The second-order valence-corrected chi connectivity index (χ2v) is 7.21. The quantitative estimate of drug-likeness (QED) is 0.755. The average molecular weight is 315 g/mol. The molecule has 6 nitrogen and oxygen atoms in total. The molecule has 0 fully saturated rings. The van der Waals surface area contributed by atoms with Crippen molar-refractivity contribution in [3.8, 4) is 0 Å². The first kappa shape index (κ1) is 17.7. The summed E-state index contributed by atoms with van der Waals surface area (Å²) >= 11 is 0. The maximum Gasteiger partial charge on any atom is 0.408 e. The fraction of sp³-hybridized carbons (Fsp3) is 0.500. The molecule has 0 spiro atoms. The van der Waals surface area contributed by atoms with Crippen LogP contribution in [0.25, 0.3) is 0 Å². The zero-order chi connectivity index (χ0) is 15.9. The number of ether oxygens (including phenoxy) is 1. The van der Waals surface area contributed by atoms with E-state index in [2.05, 4.69) is 9.84 Å². The first-order chi connectivity index (χ1) is 9.85. The van der Waals surface area contributed by atoms with Crippen LogP contribution in [0.1, 0.15) is 25.8 Å². The molecular weight excluding hydrogens is 293 g/mol. The van der Waals surface area contributed by atoms with E-state index in [-0.39, 0.29) is 12.5 Å². The van der Waals surface area contributed by atoms with Gasteiger partial charge in [0.15, 0.2) is 0 Å². The van der Waals surface area contributed by atoms with Gasteiger partial charge in [0.05, 0.1) is 0 Å². The van der Waals surface area contributed by atoms with Gasteiger partial charge in [0.25, 0.3) is 0 Å². The van der Waals surface area contributed by atoms with Crippen molar-refractivity contribution < 1.29 is 23.5 Å². The largest absolute Gasteiger partial charge is 0.445 e. The van der Waals surface area contributed by atoms with Crippen LogP contribution in [-0.2, 0) is 20.4 Å². The zero-order valence-corrected chi connectivity index (χ0v) is 13.4. The summed E-state index contributed by atoms with van der Waals surface area (Å²) in [5.41, 5.74) is 0.840. The molecule has 1 amide bonds. The van der Waals surface area contributed by atoms with Gasteiger partial charge < -0.3 is 19.5 Å². The monoisotopic (exact) mass is 315 g/mol. The third-order valence-electron chi connectivity index (χ3n) is 2.85. The fourth-order valence-electron chi connectivity index (χ4n) is 1.75. The van der Waals surface area contributed by atoms with Gasteiger partial charge in [-0.15, -0.1) is 0 Å². The number of rotatable bonds is 7. The fourth-order valence-corrected chi connectivity index (χ4v) is 2.96. The molecule has 0 bridgehead atoms. The molecule has 2 N–H and O–H groups in total. The number of alkyl carbamates (subject to hydrolysis) is 1. The minimum Gasteiger partial charge on any atom is -0.445 e. The summed E-state index contributed by atoms with van der Waals surface area (Å²) < 4.78 is 21.5. The van der Waals surface area contributed by atoms with Crippen LogP contribution >= 0.6 is 7.60 Å². The summed E-state index contributed by atoms with van der Waals surface area (Å²) in [7, 11) is -2.75. The number of benzene rings is 1. The third-order valence-corrected chi connectivity index (χ3v) is 4.50. The Bertz CT molecular complexity index is 491. The third kappa shape index (κ3) is 6.29. The Balaban J connectivity index is 2.58. The van der Waals surface area contributed by atoms with Gasteiger partial charge in [-0.1, -0.05) is 44.2 Å². The molecule has 0 aliphatic heterocycles. The molecule has 0 saturated carbocycles. The van der Waals surface area contributed by atoms with Gasteiger partial charge in [0.2, 0.25) is 0 Å². The van der Waals surface area contributed by atoms with Crippen molar-refractivity contribution in [2.24, 2.45) is 5.92 Å². The van der Waals surface area contributed by atoms with Crippen LogP contribution in [0.4, 0.5) is 4.79 Å². The lowest BCUT2D eigenvalue weighted by Crippen LogP contribution is -2.36. The van der Waals surface area contributed by atoms with Crippen LogP contribution in [0, 0.1) is 5.92 Å². The van der Waals surface area contributed by atoms with Crippen LogP contribution in [0.15, 0.2) is 30.3 Å². The predicted octanol–water partition coefficient (Wildman–Crippen LogP) is 3.12. The summed E-state index contributed by atoms with van der Waals surface area (Å²) in [6, 6.07) is 9.19. The zero-order valence-electron chi connectivity index (χ0n) is 12.5. The summed E-state index contributed by atoms with van der Waals surface area (Å²) in [5, 5.41) is 2.41. The number of hydrogen-bond donors (Lipinski definition) is 2. The molecule has 0 heterocycles. The Labute approximate surface area is 125 Å². The minimum atomic E-state index is -3.90. The molecule has 1 aromatic carbocycles. The van der Waals surface area contributed by atoms with Gasteiger partial charge >= 0.3 is 13.7 Å². The van der Waals surface area contributed by atoms with Gasteiger partial charge in [0.1, 0.15) is 12.4 Å². The highest BCUT2D eigenvalue weighted by atomic mass is 31.2. The molecular formula is C14H22NO5P. The van der Waals surface area contributed by atoms with Crippen molar-refractivity contribution in [2.75, 3.05) is 7.11 Å². The first-order valence-corrected chi connectivity index (χ1v) is 8.35. The SMILES string of the molecule is COP(=O)(O)C(CC(C)C)NC(=O)OCc1ccccc1. The number of carbonyl (C=O) groups is 1. The van der Waals surface area contributed by atoms with Crippen LogP contribution in [0.5, 0.6) is 0 Å². The Morgan fingerprint density at radius 3 is 2.48 bits per heavy atom. The molecule has 0 radical (unpaired) electrons. The van der Waals surface area contributed by atoms with Crippen LogP contribution in [-0.4, -0.2) is 23.9 Å². The Morgan fingerprint density at radius 2 is 1.95 bits per heavy atom. The normalized spacial score (nSPS) is 15.3. The number of nitrogens with one attached hydrogen (secondary N) is 1. The van der Waals surface area contributed by atoms with Crippen molar-refractivity contribution in [1.29, 1.82) is 0 Å². The molecule has 21 heavy (non-hydrogen) atoms. The molecule has 2 unspecified atom stereocenters. The van der Waals surface area contributed by atoms with Gasteiger partial charge in [-0.3, -0.25) is 4.57 Å². The van der Waals surface area contributed by atoms with Crippen LogP contribution < -0.4 is 5.32 Å². The predicted molar refractivity (Wildman–Crippen MR) is 79.8 cm³/mol. The maximum absolute atomic E-state index is 11.9. The molecule has 2 atom stereocenters. The first-order valence-electron chi connectivity index (χ1n) is 6.70. The molecule has 1 rings (SSSR count). The molecule has 1 aromatic rings. The maximum atomic E-state index is 11.9. The van der Waals surface area contributed by atoms with E-state index >= 15 is 0 Å². The number of carbonyl (C=O) groups excluding carboxylic acids is 1. The van der Waals surface area contributed by atoms with E-state index in [1.807, 2.05) is 44.2 Å². The summed E-state index contributed by atoms with van der Waals surface area (Å²) in [6.07, 6.45) is -0.418. The second kappa shape index (κ2) is 8.17. The highest BCUT2D eigenvalue weighted by molar-refractivity contribution is 7.53. The van der Waals surface area contributed by atoms with Crippen molar-refractivity contribution in [3.63, 3.8) is 0 Å². The molecule has 0 aliphatic carbocycles. The van der Waals surface area contributed by atoms with Crippen molar-refractivity contribution in [1.82, 2.24) is 5.32 Å². The standard InChI is InChI=1S/C14H22NO5P/c1-11(2)9-13(21(17,18)19-3)15-14(16)20-10-12-7-5-4-6-8-12/h4-8,11,13H,9-10H2,1-3H3,(H,15,16)(H,17,18). The van der Waals surface area contributed by atoms with Crippen LogP contribution in [0.3, 0.4) is 0 Å². The van der Waals surface area contributed by atoms with Gasteiger partial charge in [0, 0.05) is 7.11 Å². The van der Waals surface area contributed by atoms with Crippen LogP contribution in [0.2, 0.25) is 0 Å². The summed E-state index contributed by atoms with van der Waals surface area (Å²) in [6.45, 7) is 3.88. The molecule has 0 aromatic heterocycles. The molecule has 0 saturated heterocycles. The van der Waals surface area contributed by atoms with Crippen molar-refractivity contribution in [3.05, 3.63) is 35.9 Å².